The summed E-state index contributed by atoms with van der Waals surface area (Å²) in [4.78, 5) is 5.39. The first kappa shape index (κ1) is 16.1. The molecule has 0 saturated carbocycles. The van der Waals surface area contributed by atoms with Crippen molar-refractivity contribution in [3.05, 3.63) is 23.4 Å². The summed E-state index contributed by atoms with van der Waals surface area (Å²) in [6.45, 7) is 4.85. The van der Waals surface area contributed by atoms with Crippen LogP contribution in [0, 0.1) is 0 Å². The maximum absolute atomic E-state index is 12.4. The third kappa shape index (κ3) is 4.90. The number of hydrogen-bond donors (Lipinski definition) is 0. The molecule has 1 heterocycles. The van der Waals surface area contributed by atoms with Crippen LogP contribution in [0.1, 0.15) is 32.0 Å². The number of pyridine rings is 1. The molecule has 19 heavy (non-hydrogen) atoms. The average Bonchev–Trinajstić information content (AvgIpc) is 2.25. The van der Waals surface area contributed by atoms with Crippen molar-refractivity contribution in [3.63, 3.8) is 0 Å². The van der Waals surface area contributed by atoms with Crippen molar-refractivity contribution in [3.8, 4) is 0 Å². The van der Waals surface area contributed by atoms with Crippen LogP contribution in [0.3, 0.4) is 0 Å². The summed E-state index contributed by atoms with van der Waals surface area (Å²) in [5.41, 5.74) is 1.26. The van der Waals surface area contributed by atoms with Gasteiger partial charge in [0.1, 0.15) is 12.4 Å². The van der Waals surface area contributed by atoms with E-state index in [9.17, 15) is 13.2 Å². The Morgan fingerprint density at radius 2 is 1.79 bits per heavy atom. The summed E-state index contributed by atoms with van der Waals surface area (Å²) in [6, 6.07) is 3.42. The Morgan fingerprint density at radius 1 is 1.21 bits per heavy atom. The highest BCUT2D eigenvalue weighted by Gasteiger charge is 2.30. The minimum Gasteiger partial charge on any atom is -0.351 e. The van der Waals surface area contributed by atoms with Gasteiger partial charge in [-0.3, -0.25) is 0 Å². The number of rotatable bonds is 3. The summed E-state index contributed by atoms with van der Waals surface area (Å²) in [7, 11) is 1.38. The van der Waals surface area contributed by atoms with E-state index in [0.29, 0.717) is 5.82 Å². The highest BCUT2D eigenvalue weighted by Crippen LogP contribution is 2.26. The summed E-state index contributed by atoms with van der Waals surface area (Å²) < 4.78 is 37.2. The molecule has 1 aromatic rings. The van der Waals surface area contributed by atoms with Gasteiger partial charge in [0.15, 0.2) is 0 Å². The molecule has 0 amide bonds. The lowest BCUT2D eigenvalue weighted by atomic mass is 9.91. The molecule has 0 aliphatic carbocycles. The van der Waals surface area contributed by atoms with Gasteiger partial charge in [-0.2, -0.15) is 13.2 Å². The molecule has 0 saturated heterocycles. The fraction of sp³-hybridized carbons (Fsp3) is 0.615. The molecule has 0 radical (unpaired) electrons. The van der Waals surface area contributed by atoms with Gasteiger partial charge in [0.05, 0.1) is 0 Å². The van der Waals surface area contributed by atoms with Crippen LogP contribution in [0.5, 0.6) is 0 Å². The highest BCUT2D eigenvalue weighted by molar-refractivity contribution is 6.17. The fourth-order valence-corrected chi connectivity index (χ4v) is 1.73. The van der Waals surface area contributed by atoms with Gasteiger partial charge < -0.3 is 4.90 Å². The van der Waals surface area contributed by atoms with Crippen LogP contribution in [0.15, 0.2) is 12.1 Å². The van der Waals surface area contributed by atoms with Crippen molar-refractivity contribution in [1.82, 2.24) is 4.98 Å². The first-order chi connectivity index (χ1) is 8.53. The maximum atomic E-state index is 12.4. The van der Waals surface area contributed by atoms with Crippen LogP contribution in [0.4, 0.5) is 19.0 Å². The predicted molar refractivity (Wildman–Crippen MR) is 71.8 cm³/mol. The molecule has 0 aromatic carbocycles. The summed E-state index contributed by atoms with van der Waals surface area (Å²) >= 11 is 5.79. The van der Waals surface area contributed by atoms with E-state index in [0.717, 1.165) is 16.2 Å². The molecule has 0 aliphatic heterocycles. The maximum Gasteiger partial charge on any atom is 0.405 e. The van der Waals surface area contributed by atoms with Gasteiger partial charge in [0, 0.05) is 24.0 Å². The minimum absolute atomic E-state index is 0.240. The molecule has 1 aromatic heterocycles. The summed E-state index contributed by atoms with van der Waals surface area (Å²) in [5, 5.41) is 0. The number of hydrogen-bond acceptors (Lipinski definition) is 2. The molecule has 2 nitrogen and oxygen atoms in total. The number of nitrogens with zero attached hydrogens (tertiary/aromatic N) is 2. The van der Waals surface area contributed by atoms with Crippen LogP contribution in [-0.4, -0.2) is 24.8 Å². The second-order valence-electron chi connectivity index (χ2n) is 5.57. The molecule has 0 atom stereocenters. The highest BCUT2D eigenvalue weighted by atomic mass is 35.5. The Hall–Kier alpha value is -0.970. The van der Waals surface area contributed by atoms with Crippen molar-refractivity contribution in [2.45, 2.75) is 38.2 Å². The first-order valence-corrected chi connectivity index (χ1v) is 6.41. The molecule has 0 fully saturated rings. The molecule has 0 N–H and O–H groups in total. The Kier molecular flexibility index (Phi) is 4.72. The fourth-order valence-electron chi connectivity index (χ4n) is 1.58. The molecule has 108 valence electrons. The van der Waals surface area contributed by atoms with Gasteiger partial charge in [-0.25, -0.2) is 4.98 Å². The molecule has 6 heteroatoms. The molecule has 0 unspecified atom stereocenters. The van der Waals surface area contributed by atoms with E-state index in [4.69, 9.17) is 11.6 Å². The molecule has 0 aliphatic rings. The number of aromatic nitrogens is 1. The van der Waals surface area contributed by atoms with Crippen LogP contribution in [0.2, 0.25) is 0 Å². The Bertz CT molecular complexity index is 438. The van der Waals surface area contributed by atoms with Gasteiger partial charge in [-0.05, 0) is 17.7 Å². The summed E-state index contributed by atoms with van der Waals surface area (Å²) in [5.74, 6) is 0.541. The standard InChI is InChI=1S/C13H18ClF3N2/c1-12(2,3)10-5-9(7-14)6-11(18-10)19(4)8-13(15,16)17/h5-6H,7-8H2,1-4H3. The van der Waals surface area contributed by atoms with Gasteiger partial charge in [0.2, 0.25) is 0 Å². The third-order valence-corrected chi connectivity index (χ3v) is 2.91. The second kappa shape index (κ2) is 5.57. The average molecular weight is 295 g/mol. The number of alkyl halides is 4. The largest absolute Gasteiger partial charge is 0.405 e. The van der Waals surface area contributed by atoms with E-state index in [2.05, 4.69) is 4.98 Å². The first-order valence-electron chi connectivity index (χ1n) is 5.88. The van der Waals surface area contributed by atoms with E-state index in [1.165, 1.54) is 7.05 Å². The monoisotopic (exact) mass is 294 g/mol. The molecule has 0 bridgehead atoms. The Balaban J connectivity index is 3.13. The van der Waals surface area contributed by atoms with E-state index in [-0.39, 0.29) is 11.3 Å². The van der Waals surface area contributed by atoms with Gasteiger partial charge in [-0.1, -0.05) is 20.8 Å². The van der Waals surface area contributed by atoms with Crippen molar-refractivity contribution >= 4 is 17.4 Å². The lowest BCUT2D eigenvalue weighted by Gasteiger charge is -2.24. The van der Waals surface area contributed by atoms with Crippen molar-refractivity contribution < 1.29 is 13.2 Å². The van der Waals surface area contributed by atoms with E-state index >= 15 is 0 Å². The minimum atomic E-state index is -4.25. The normalized spacial score (nSPS) is 12.6. The number of halogens is 4. The number of anilines is 1. The SMILES string of the molecule is CN(CC(F)(F)F)c1cc(CCl)cc(C(C)(C)C)n1. The summed E-state index contributed by atoms with van der Waals surface area (Å²) in [6.07, 6.45) is -4.25. The van der Waals surface area contributed by atoms with Crippen molar-refractivity contribution in [2.75, 3.05) is 18.5 Å². The van der Waals surface area contributed by atoms with Crippen LogP contribution in [0.25, 0.3) is 0 Å². The molecule has 0 spiro atoms. The third-order valence-electron chi connectivity index (χ3n) is 2.60. The van der Waals surface area contributed by atoms with Crippen molar-refractivity contribution in [1.29, 1.82) is 0 Å². The van der Waals surface area contributed by atoms with E-state index in [1.54, 1.807) is 6.07 Å². The molecular weight excluding hydrogens is 277 g/mol. The van der Waals surface area contributed by atoms with E-state index < -0.39 is 12.7 Å². The lowest BCUT2D eigenvalue weighted by molar-refractivity contribution is -0.119. The van der Waals surface area contributed by atoms with Gasteiger partial charge in [-0.15, -0.1) is 11.6 Å². The van der Waals surface area contributed by atoms with Crippen LogP contribution >= 0.6 is 11.6 Å². The Labute approximate surface area is 116 Å². The topological polar surface area (TPSA) is 16.1 Å². The van der Waals surface area contributed by atoms with E-state index in [1.807, 2.05) is 26.8 Å². The van der Waals surface area contributed by atoms with Crippen molar-refractivity contribution in [2.24, 2.45) is 0 Å². The zero-order valence-electron chi connectivity index (χ0n) is 11.5. The van der Waals surface area contributed by atoms with Crippen LogP contribution in [-0.2, 0) is 11.3 Å². The second-order valence-corrected chi connectivity index (χ2v) is 5.84. The predicted octanol–water partition coefficient (Wildman–Crippen LogP) is 4.12. The van der Waals surface area contributed by atoms with Crippen LogP contribution < -0.4 is 4.90 Å². The molecular formula is C13H18ClF3N2. The zero-order valence-corrected chi connectivity index (χ0v) is 12.2. The Morgan fingerprint density at radius 3 is 2.21 bits per heavy atom. The van der Waals surface area contributed by atoms with Gasteiger partial charge >= 0.3 is 6.18 Å². The molecule has 1 rings (SSSR count). The zero-order chi connectivity index (χ0) is 14.8. The van der Waals surface area contributed by atoms with Gasteiger partial charge in [0.25, 0.3) is 0 Å². The quantitative estimate of drug-likeness (QED) is 0.780. The smallest absolute Gasteiger partial charge is 0.351 e. The lowest BCUT2D eigenvalue weighted by Crippen LogP contribution is -2.32.